The molecule has 114 valence electrons. The van der Waals surface area contributed by atoms with Gasteiger partial charge in [-0.1, -0.05) is 30.3 Å². The van der Waals surface area contributed by atoms with Gasteiger partial charge in [0.25, 0.3) is 0 Å². The van der Waals surface area contributed by atoms with Gasteiger partial charge in [0, 0.05) is 20.8 Å². The Morgan fingerprint density at radius 1 is 1.09 bits per heavy atom. The second kappa shape index (κ2) is 5.89. The minimum atomic E-state index is 0.731. The summed E-state index contributed by atoms with van der Waals surface area (Å²) in [5.74, 6) is 0.909. The third-order valence-electron chi connectivity index (χ3n) is 3.80. The second-order valence-corrected chi connectivity index (χ2v) is 6.87. The standard InChI is InChI=1S/C19H17N3S/c1-13-9-15-10-16(7-8-18(15)23-13)20-11-17-12-21-19(22-17)14-5-3-2-4-6-14/h2-10,12,20H,11H2,1H3,(H,21,22). The number of nitrogens with zero attached hydrogens (tertiary/aromatic N) is 1. The van der Waals surface area contributed by atoms with Crippen LogP contribution in [0.1, 0.15) is 10.6 Å². The van der Waals surface area contributed by atoms with E-state index < -0.39 is 0 Å². The van der Waals surface area contributed by atoms with Gasteiger partial charge in [-0.05, 0) is 36.6 Å². The predicted molar refractivity (Wildman–Crippen MR) is 97.9 cm³/mol. The summed E-state index contributed by atoms with van der Waals surface area (Å²) < 4.78 is 1.33. The summed E-state index contributed by atoms with van der Waals surface area (Å²) in [6, 6.07) is 18.9. The maximum Gasteiger partial charge on any atom is 0.137 e. The van der Waals surface area contributed by atoms with E-state index in [9.17, 15) is 0 Å². The van der Waals surface area contributed by atoms with E-state index in [1.54, 1.807) is 0 Å². The average Bonchev–Trinajstić information content (AvgIpc) is 3.18. The highest BCUT2D eigenvalue weighted by Gasteiger charge is 2.04. The van der Waals surface area contributed by atoms with Crippen LogP contribution in [0.2, 0.25) is 0 Å². The highest BCUT2D eigenvalue weighted by atomic mass is 32.1. The Morgan fingerprint density at radius 3 is 2.83 bits per heavy atom. The number of aromatic amines is 1. The van der Waals surface area contributed by atoms with Crippen LogP contribution in [-0.2, 0) is 6.54 Å². The molecule has 4 rings (SSSR count). The molecule has 4 heteroatoms. The quantitative estimate of drug-likeness (QED) is 0.542. The molecule has 0 bridgehead atoms. The van der Waals surface area contributed by atoms with E-state index in [0.717, 1.165) is 29.3 Å². The van der Waals surface area contributed by atoms with Gasteiger partial charge in [0.1, 0.15) is 5.82 Å². The third-order valence-corrected chi connectivity index (χ3v) is 4.83. The molecule has 0 aliphatic carbocycles. The van der Waals surface area contributed by atoms with Crippen LogP contribution in [0.3, 0.4) is 0 Å². The summed E-state index contributed by atoms with van der Waals surface area (Å²) in [6.45, 7) is 2.88. The van der Waals surface area contributed by atoms with Crippen molar-refractivity contribution in [2.45, 2.75) is 13.5 Å². The molecule has 0 unspecified atom stereocenters. The first-order valence-electron chi connectivity index (χ1n) is 7.61. The molecule has 0 aliphatic heterocycles. The SMILES string of the molecule is Cc1cc2cc(NCc3cnc(-c4ccccc4)[nH]3)ccc2s1. The van der Waals surface area contributed by atoms with Crippen LogP contribution >= 0.6 is 11.3 Å². The van der Waals surface area contributed by atoms with Gasteiger partial charge in [-0.2, -0.15) is 0 Å². The van der Waals surface area contributed by atoms with Crippen molar-refractivity contribution >= 4 is 27.1 Å². The Hall–Kier alpha value is -2.59. The Balaban J connectivity index is 1.49. The number of rotatable bonds is 4. The third kappa shape index (κ3) is 2.98. The van der Waals surface area contributed by atoms with Crippen molar-refractivity contribution in [1.82, 2.24) is 9.97 Å². The zero-order valence-electron chi connectivity index (χ0n) is 12.8. The largest absolute Gasteiger partial charge is 0.379 e. The summed E-state index contributed by atoms with van der Waals surface area (Å²) in [7, 11) is 0. The van der Waals surface area contributed by atoms with E-state index >= 15 is 0 Å². The fourth-order valence-electron chi connectivity index (χ4n) is 2.68. The van der Waals surface area contributed by atoms with Gasteiger partial charge in [-0.25, -0.2) is 4.98 Å². The summed E-state index contributed by atoms with van der Waals surface area (Å²) in [6.07, 6.45) is 1.89. The molecule has 0 spiro atoms. The van der Waals surface area contributed by atoms with Crippen LogP contribution in [0.25, 0.3) is 21.5 Å². The fourth-order valence-corrected chi connectivity index (χ4v) is 3.58. The van der Waals surface area contributed by atoms with Gasteiger partial charge in [0.05, 0.1) is 18.4 Å². The molecule has 23 heavy (non-hydrogen) atoms. The molecule has 0 radical (unpaired) electrons. The number of benzene rings is 2. The Bertz CT molecular complexity index is 938. The van der Waals surface area contributed by atoms with E-state index in [0.29, 0.717) is 0 Å². The molecule has 2 N–H and O–H groups in total. The van der Waals surface area contributed by atoms with Gasteiger partial charge >= 0.3 is 0 Å². The lowest BCUT2D eigenvalue weighted by atomic mass is 10.2. The van der Waals surface area contributed by atoms with Crippen molar-refractivity contribution in [1.29, 1.82) is 0 Å². The first-order valence-corrected chi connectivity index (χ1v) is 8.43. The maximum atomic E-state index is 4.46. The van der Waals surface area contributed by atoms with Crippen LogP contribution in [0.5, 0.6) is 0 Å². The van der Waals surface area contributed by atoms with Crippen molar-refractivity contribution < 1.29 is 0 Å². The van der Waals surface area contributed by atoms with Crippen molar-refractivity contribution in [3.8, 4) is 11.4 Å². The first kappa shape index (κ1) is 14.0. The molecule has 3 nitrogen and oxygen atoms in total. The number of thiophene rings is 1. The highest BCUT2D eigenvalue weighted by molar-refractivity contribution is 7.19. The maximum absolute atomic E-state index is 4.46. The number of aryl methyl sites for hydroxylation is 1. The van der Waals surface area contributed by atoms with E-state index in [4.69, 9.17) is 0 Å². The van der Waals surface area contributed by atoms with Crippen molar-refractivity contribution in [3.63, 3.8) is 0 Å². The number of hydrogen-bond acceptors (Lipinski definition) is 3. The van der Waals surface area contributed by atoms with Gasteiger partial charge in [-0.3, -0.25) is 0 Å². The molecular formula is C19H17N3S. The highest BCUT2D eigenvalue weighted by Crippen LogP contribution is 2.27. The number of imidazole rings is 1. The Morgan fingerprint density at radius 2 is 1.96 bits per heavy atom. The second-order valence-electron chi connectivity index (χ2n) is 5.59. The average molecular weight is 319 g/mol. The zero-order valence-corrected chi connectivity index (χ0v) is 13.7. The van der Waals surface area contributed by atoms with E-state index in [-0.39, 0.29) is 0 Å². The normalized spacial score (nSPS) is 11.0. The van der Waals surface area contributed by atoms with Gasteiger partial charge in [-0.15, -0.1) is 11.3 Å². The number of hydrogen-bond donors (Lipinski definition) is 2. The number of H-pyrrole nitrogens is 1. The first-order chi connectivity index (χ1) is 11.3. The molecule has 4 aromatic rings. The molecule has 0 saturated carbocycles. The summed E-state index contributed by atoms with van der Waals surface area (Å²) in [5, 5.41) is 4.76. The number of aromatic nitrogens is 2. The summed E-state index contributed by atoms with van der Waals surface area (Å²) in [5.41, 5.74) is 3.31. The van der Waals surface area contributed by atoms with Crippen LogP contribution in [-0.4, -0.2) is 9.97 Å². The molecule has 0 saturated heterocycles. The minimum Gasteiger partial charge on any atom is -0.379 e. The molecule has 0 fully saturated rings. The lowest BCUT2D eigenvalue weighted by Crippen LogP contribution is -1.99. The minimum absolute atomic E-state index is 0.731. The molecule has 2 aromatic heterocycles. The topological polar surface area (TPSA) is 40.7 Å². The number of nitrogens with one attached hydrogen (secondary N) is 2. The summed E-state index contributed by atoms with van der Waals surface area (Å²) in [4.78, 5) is 9.17. The molecule has 0 aliphatic rings. The van der Waals surface area contributed by atoms with Crippen molar-refractivity contribution in [2.24, 2.45) is 0 Å². The van der Waals surface area contributed by atoms with E-state index in [2.05, 4.69) is 58.6 Å². The van der Waals surface area contributed by atoms with E-state index in [1.807, 2.05) is 35.7 Å². The van der Waals surface area contributed by atoms with Crippen molar-refractivity contribution in [3.05, 3.63) is 71.4 Å². The lowest BCUT2D eigenvalue weighted by Gasteiger charge is -2.05. The molecule has 0 atom stereocenters. The smallest absolute Gasteiger partial charge is 0.137 e. The Labute approximate surface area is 139 Å². The fraction of sp³-hybridized carbons (Fsp3) is 0.105. The molecule has 0 amide bonds. The van der Waals surface area contributed by atoms with Crippen molar-refractivity contribution in [2.75, 3.05) is 5.32 Å². The Kier molecular flexibility index (Phi) is 3.60. The van der Waals surface area contributed by atoms with Gasteiger partial charge in [0.2, 0.25) is 0 Å². The summed E-state index contributed by atoms with van der Waals surface area (Å²) >= 11 is 1.83. The predicted octanol–water partition coefficient (Wildman–Crippen LogP) is 5.21. The van der Waals surface area contributed by atoms with Crippen LogP contribution in [0.4, 0.5) is 5.69 Å². The van der Waals surface area contributed by atoms with E-state index in [1.165, 1.54) is 15.0 Å². The molecular weight excluding hydrogens is 302 g/mol. The van der Waals surface area contributed by atoms with Gasteiger partial charge < -0.3 is 10.3 Å². The molecule has 2 aromatic carbocycles. The monoisotopic (exact) mass is 319 g/mol. The molecule has 2 heterocycles. The number of anilines is 1. The van der Waals surface area contributed by atoms with Crippen LogP contribution in [0.15, 0.2) is 60.8 Å². The van der Waals surface area contributed by atoms with Gasteiger partial charge in [0.15, 0.2) is 0 Å². The number of fused-ring (bicyclic) bond motifs is 1. The van der Waals surface area contributed by atoms with Crippen LogP contribution < -0.4 is 5.32 Å². The zero-order chi connectivity index (χ0) is 15.6. The van der Waals surface area contributed by atoms with Crippen LogP contribution in [0, 0.1) is 6.92 Å². The lowest BCUT2D eigenvalue weighted by molar-refractivity contribution is 1.08.